The van der Waals surface area contributed by atoms with E-state index in [-0.39, 0.29) is 24.0 Å². The molecular formula is C26H21BrN4O7. The Kier molecular flexibility index (Phi) is 8.34. The number of fused-ring (bicyclic) bond motifs is 1. The molecule has 0 fully saturated rings. The number of hydrogen-bond donors (Lipinski definition) is 2. The Balaban J connectivity index is 1.42. The second-order valence-corrected chi connectivity index (χ2v) is 8.61. The molecule has 194 valence electrons. The molecular weight excluding hydrogens is 560 g/mol. The molecule has 0 saturated carbocycles. The summed E-state index contributed by atoms with van der Waals surface area (Å²) in [5, 5.41) is 18.1. The molecule has 0 aliphatic heterocycles. The maximum atomic E-state index is 12.4. The van der Waals surface area contributed by atoms with Crippen molar-refractivity contribution in [2.45, 2.75) is 6.92 Å². The quantitative estimate of drug-likeness (QED) is 0.147. The minimum absolute atomic E-state index is 0.0497. The van der Waals surface area contributed by atoms with Crippen molar-refractivity contribution in [1.82, 2.24) is 5.43 Å². The maximum absolute atomic E-state index is 12.4. The van der Waals surface area contributed by atoms with E-state index in [2.05, 4.69) is 31.8 Å². The number of hydrazone groups is 1. The third-order valence-electron chi connectivity index (χ3n) is 5.05. The Morgan fingerprint density at radius 3 is 2.63 bits per heavy atom. The van der Waals surface area contributed by atoms with Crippen molar-refractivity contribution >= 4 is 56.3 Å². The third kappa shape index (κ3) is 6.53. The van der Waals surface area contributed by atoms with Crippen molar-refractivity contribution in [2.24, 2.45) is 5.10 Å². The summed E-state index contributed by atoms with van der Waals surface area (Å²) in [5.74, 6) is -0.298. The molecule has 0 aliphatic carbocycles. The van der Waals surface area contributed by atoms with E-state index in [0.29, 0.717) is 44.8 Å². The number of carbonyl (C=O) groups is 2. The van der Waals surface area contributed by atoms with Gasteiger partial charge in [-0.25, -0.2) is 5.43 Å². The summed E-state index contributed by atoms with van der Waals surface area (Å²) in [5.41, 5.74) is 3.81. The zero-order valence-electron chi connectivity index (χ0n) is 20.0. The molecule has 4 aromatic rings. The largest absolute Gasteiger partial charge is 0.490 e. The molecule has 1 heterocycles. The van der Waals surface area contributed by atoms with Crippen LogP contribution in [0, 0.1) is 10.1 Å². The number of rotatable bonds is 10. The Morgan fingerprint density at radius 2 is 1.89 bits per heavy atom. The molecule has 38 heavy (non-hydrogen) atoms. The number of furan rings is 1. The summed E-state index contributed by atoms with van der Waals surface area (Å²) < 4.78 is 17.3. The van der Waals surface area contributed by atoms with E-state index in [4.69, 9.17) is 13.9 Å². The Bertz CT molecular complexity index is 1520. The number of carbonyl (C=O) groups excluding carboxylic acids is 2. The minimum Gasteiger partial charge on any atom is -0.490 e. The van der Waals surface area contributed by atoms with Gasteiger partial charge in [0.2, 0.25) is 0 Å². The zero-order valence-corrected chi connectivity index (χ0v) is 21.6. The van der Waals surface area contributed by atoms with E-state index in [1.807, 2.05) is 25.1 Å². The molecule has 2 N–H and O–H groups in total. The summed E-state index contributed by atoms with van der Waals surface area (Å²) in [4.78, 5) is 35.1. The van der Waals surface area contributed by atoms with Crippen LogP contribution >= 0.6 is 15.9 Å². The maximum Gasteiger partial charge on any atom is 0.307 e. The van der Waals surface area contributed by atoms with Gasteiger partial charge in [-0.3, -0.25) is 19.7 Å². The van der Waals surface area contributed by atoms with Crippen LogP contribution in [0.4, 0.5) is 11.4 Å². The molecule has 2 amide bonds. The molecule has 0 radical (unpaired) electrons. The molecule has 0 atom stereocenters. The summed E-state index contributed by atoms with van der Waals surface area (Å²) >= 11 is 3.43. The van der Waals surface area contributed by atoms with Crippen molar-refractivity contribution in [3.8, 4) is 11.5 Å². The first-order valence-corrected chi connectivity index (χ1v) is 12.1. The van der Waals surface area contributed by atoms with Crippen molar-refractivity contribution in [3.63, 3.8) is 0 Å². The highest BCUT2D eigenvalue weighted by atomic mass is 79.9. The van der Waals surface area contributed by atoms with Gasteiger partial charge in [-0.2, -0.15) is 5.10 Å². The number of nitro benzene ring substituents is 1. The molecule has 0 spiro atoms. The number of nitro groups is 1. The summed E-state index contributed by atoms with van der Waals surface area (Å²) in [7, 11) is 0. The van der Waals surface area contributed by atoms with Crippen LogP contribution in [-0.2, 0) is 4.79 Å². The molecule has 11 nitrogen and oxygen atoms in total. The molecule has 0 bridgehead atoms. The normalized spacial score (nSPS) is 10.9. The lowest BCUT2D eigenvalue weighted by Crippen LogP contribution is -2.20. The fourth-order valence-corrected chi connectivity index (χ4v) is 3.97. The number of halogens is 1. The zero-order chi connectivity index (χ0) is 27.1. The smallest absolute Gasteiger partial charge is 0.307 e. The lowest BCUT2D eigenvalue weighted by molar-refractivity contribution is -0.384. The highest BCUT2D eigenvalue weighted by molar-refractivity contribution is 9.10. The summed E-state index contributed by atoms with van der Waals surface area (Å²) in [6.45, 7) is 1.92. The molecule has 3 aromatic carbocycles. The van der Waals surface area contributed by atoms with Gasteiger partial charge in [0.1, 0.15) is 5.58 Å². The highest BCUT2D eigenvalue weighted by Crippen LogP contribution is 2.36. The van der Waals surface area contributed by atoms with Crippen LogP contribution < -0.4 is 20.2 Å². The van der Waals surface area contributed by atoms with E-state index in [1.54, 1.807) is 24.3 Å². The number of non-ortho nitro benzene ring substituents is 1. The highest BCUT2D eigenvalue weighted by Gasteiger charge is 2.16. The Labute approximate surface area is 224 Å². The van der Waals surface area contributed by atoms with E-state index in [9.17, 15) is 19.7 Å². The van der Waals surface area contributed by atoms with Gasteiger partial charge in [0, 0.05) is 23.2 Å². The number of hydrogen-bond acceptors (Lipinski definition) is 8. The summed E-state index contributed by atoms with van der Waals surface area (Å²) in [6.07, 6.45) is 1.39. The van der Waals surface area contributed by atoms with Crippen molar-refractivity contribution in [3.05, 3.63) is 92.6 Å². The number of amides is 2. The van der Waals surface area contributed by atoms with Crippen molar-refractivity contribution in [1.29, 1.82) is 0 Å². The standard InChI is InChI=1S/C26H21BrN4O7/c1-2-36-22-11-16(10-20(27)25(22)37-15-24(32)29-18-6-4-3-5-7-18)14-28-30-26(33)23-13-17-12-19(31(34)35)8-9-21(17)38-23/h3-14H,2,15H2,1H3,(H,29,32)(H,30,33)/b28-14-. The van der Waals surface area contributed by atoms with Crippen LogP contribution in [0.25, 0.3) is 11.0 Å². The Morgan fingerprint density at radius 1 is 1.11 bits per heavy atom. The molecule has 4 rings (SSSR count). The van der Waals surface area contributed by atoms with Crippen molar-refractivity contribution in [2.75, 3.05) is 18.5 Å². The first-order chi connectivity index (χ1) is 18.3. The van der Waals surface area contributed by atoms with Gasteiger partial charge in [0.05, 0.1) is 22.2 Å². The number of ether oxygens (including phenoxy) is 2. The fourth-order valence-electron chi connectivity index (χ4n) is 3.40. The predicted molar refractivity (Wildman–Crippen MR) is 144 cm³/mol. The average molecular weight is 581 g/mol. The predicted octanol–water partition coefficient (Wildman–Crippen LogP) is 5.28. The number of anilines is 1. The van der Waals surface area contributed by atoms with Gasteiger partial charge in [-0.05, 0) is 64.8 Å². The fraction of sp³-hybridized carbons (Fsp3) is 0.115. The van der Waals surface area contributed by atoms with E-state index in [1.165, 1.54) is 30.5 Å². The molecule has 0 saturated heterocycles. The lowest BCUT2D eigenvalue weighted by atomic mass is 10.2. The second kappa shape index (κ2) is 12.0. The Hall–Kier alpha value is -4.71. The van der Waals surface area contributed by atoms with Crippen LogP contribution in [0.15, 0.2) is 80.7 Å². The van der Waals surface area contributed by atoms with Gasteiger partial charge in [-0.1, -0.05) is 18.2 Å². The van der Waals surface area contributed by atoms with Gasteiger partial charge in [0.15, 0.2) is 23.9 Å². The van der Waals surface area contributed by atoms with E-state index < -0.39 is 10.8 Å². The monoisotopic (exact) mass is 580 g/mol. The number of benzene rings is 3. The van der Waals surface area contributed by atoms with E-state index >= 15 is 0 Å². The van der Waals surface area contributed by atoms with Crippen LogP contribution in [0.1, 0.15) is 23.0 Å². The van der Waals surface area contributed by atoms with Gasteiger partial charge >= 0.3 is 5.91 Å². The topological polar surface area (TPSA) is 145 Å². The first kappa shape index (κ1) is 26.4. The van der Waals surface area contributed by atoms with Crippen LogP contribution in [0.5, 0.6) is 11.5 Å². The van der Waals surface area contributed by atoms with Gasteiger partial charge in [0.25, 0.3) is 11.6 Å². The summed E-state index contributed by atoms with van der Waals surface area (Å²) in [6, 6.07) is 17.8. The molecule has 1 aromatic heterocycles. The third-order valence-corrected chi connectivity index (χ3v) is 5.64. The average Bonchev–Trinajstić information content (AvgIpc) is 3.33. The van der Waals surface area contributed by atoms with Crippen LogP contribution in [-0.4, -0.2) is 36.2 Å². The molecule has 0 aliphatic rings. The SMILES string of the molecule is CCOc1cc(/C=N\NC(=O)c2cc3cc([N+](=O)[O-])ccc3o2)cc(Br)c1OCC(=O)Nc1ccccc1. The van der Waals surface area contributed by atoms with Crippen molar-refractivity contribution < 1.29 is 28.4 Å². The van der Waals surface area contributed by atoms with Crippen LogP contribution in [0.3, 0.4) is 0 Å². The van der Waals surface area contributed by atoms with Gasteiger partial charge in [-0.15, -0.1) is 0 Å². The van der Waals surface area contributed by atoms with Gasteiger partial charge < -0.3 is 19.2 Å². The first-order valence-electron chi connectivity index (χ1n) is 11.3. The lowest BCUT2D eigenvalue weighted by Gasteiger charge is -2.14. The molecule has 0 unspecified atom stereocenters. The number of para-hydroxylation sites is 1. The second-order valence-electron chi connectivity index (χ2n) is 7.75. The minimum atomic E-state index is -0.631. The molecule has 12 heteroatoms. The van der Waals surface area contributed by atoms with E-state index in [0.717, 1.165) is 0 Å². The number of nitrogens with one attached hydrogen (secondary N) is 2. The number of nitrogens with zero attached hydrogens (tertiary/aromatic N) is 2. The van der Waals surface area contributed by atoms with Crippen LogP contribution in [0.2, 0.25) is 0 Å².